The number of amides is 1. The second kappa shape index (κ2) is 3.49. The largest absolute Gasteiger partial charge is 0.367 e. The molecule has 0 bridgehead atoms. The van der Waals surface area contributed by atoms with Gasteiger partial charge in [-0.25, -0.2) is 8.78 Å². The minimum atomic E-state index is -2.87. The van der Waals surface area contributed by atoms with Crippen molar-refractivity contribution in [2.45, 2.75) is 12.5 Å². The predicted octanol–water partition coefficient (Wildman–Crippen LogP) is 1.71. The number of carbonyl (C=O) groups excluding carboxylic acids is 1. The lowest BCUT2D eigenvalue weighted by Gasteiger charge is -2.32. The van der Waals surface area contributed by atoms with E-state index in [2.05, 4.69) is 0 Å². The molecule has 1 unspecified atom stereocenters. The van der Waals surface area contributed by atoms with E-state index in [-0.39, 0.29) is 0 Å². The van der Waals surface area contributed by atoms with Crippen molar-refractivity contribution in [1.82, 2.24) is 0 Å². The third kappa shape index (κ3) is 1.54. The molecule has 1 aromatic rings. The molecule has 1 N–H and O–H groups in total. The first-order valence-corrected chi connectivity index (χ1v) is 4.47. The Kier molecular flexibility index (Phi) is 2.01. The number of hydrogen-bond donors (Lipinski definition) is 1. The Hall–Kier alpha value is -1.65. The van der Waals surface area contributed by atoms with Gasteiger partial charge in [-0.3, -0.25) is 4.79 Å². The number of carbonyl (C=O) groups is 1. The van der Waals surface area contributed by atoms with Gasteiger partial charge in [0, 0.05) is 7.05 Å². The van der Waals surface area contributed by atoms with Crippen molar-refractivity contribution in [1.29, 1.82) is 0 Å². The van der Waals surface area contributed by atoms with Gasteiger partial charge in [-0.05, 0) is 12.1 Å². The number of nitrogens with one attached hydrogen (secondary N) is 1. The first kappa shape index (κ1) is 8.64. The number of hydrogen-bond acceptors (Lipinski definition) is 2. The molecule has 2 rings (SSSR count). The molecule has 0 aliphatic carbocycles. The number of likely N-dealkylation sites (N-methyl/N-ethyl adjacent to an activating group) is 1. The summed E-state index contributed by atoms with van der Waals surface area (Å²) >= 11 is 0. The zero-order valence-electron chi connectivity index (χ0n) is 9.02. The lowest BCUT2D eigenvalue weighted by atomic mass is 10.1. The summed E-state index contributed by atoms with van der Waals surface area (Å²) in [5, 5.41) is 0.586. The summed E-state index contributed by atoms with van der Waals surface area (Å²) < 4.78 is 32.9. The number of alkyl halides is 2. The van der Waals surface area contributed by atoms with Gasteiger partial charge < -0.3 is 10.2 Å². The monoisotopic (exact) mass is 213 g/mol. The van der Waals surface area contributed by atoms with Crippen molar-refractivity contribution >= 4 is 17.3 Å². The van der Waals surface area contributed by atoms with E-state index in [0.29, 0.717) is 16.7 Å². The van der Waals surface area contributed by atoms with Gasteiger partial charge in [0.05, 0.1) is 11.4 Å². The number of fused-ring (bicyclic) bond motifs is 1. The summed E-state index contributed by atoms with van der Waals surface area (Å²) in [5.41, 5.74) is 0.786. The van der Waals surface area contributed by atoms with Crippen LogP contribution in [0.1, 0.15) is 0 Å². The van der Waals surface area contributed by atoms with Crippen LogP contribution in [0, 0.1) is 0 Å². The molecule has 0 radical (unpaired) electrons. The third-order valence-electron chi connectivity index (χ3n) is 2.34. The molecule has 80 valence electrons. The van der Waals surface area contributed by atoms with Crippen molar-refractivity contribution in [3.8, 4) is 0 Å². The summed E-state index contributed by atoms with van der Waals surface area (Å²) in [5.74, 6) is -0.760. The summed E-state index contributed by atoms with van der Waals surface area (Å²) in [6.07, 6.45) is -2.87. The maximum absolute atomic E-state index is 12.7. The second-order valence-corrected chi connectivity index (χ2v) is 3.29. The van der Waals surface area contributed by atoms with Crippen LogP contribution in [0.15, 0.2) is 24.3 Å². The first-order chi connectivity index (χ1) is 7.54. The fourth-order valence-electron chi connectivity index (χ4n) is 1.54. The van der Waals surface area contributed by atoms with Crippen molar-refractivity contribution in [3.05, 3.63) is 24.3 Å². The van der Waals surface area contributed by atoms with Gasteiger partial charge in [0.25, 0.3) is 12.3 Å². The average Bonchev–Trinajstić information content (AvgIpc) is 2.26. The van der Waals surface area contributed by atoms with E-state index in [1.54, 1.807) is 24.3 Å². The lowest BCUT2D eigenvalue weighted by molar-refractivity contribution is -0.122. The average molecular weight is 213 g/mol. The van der Waals surface area contributed by atoms with E-state index >= 15 is 0 Å². The Bertz CT molecular complexity index is 427. The Morgan fingerprint density at radius 2 is 2.20 bits per heavy atom. The maximum atomic E-state index is 12.7. The maximum Gasteiger partial charge on any atom is 0.267 e. The lowest BCUT2D eigenvalue weighted by Crippen LogP contribution is -2.48. The van der Waals surface area contributed by atoms with E-state index in [4.69, 9.17) is 1.41 Å². The smallest absolute Gasteiger partial charge is 0.267 e. The zero-order chi connectivity index (χ0) is 11.9. The fraction of sp³-hybridized carbons (Fsp3) is 0.300. The molecule has 0 fully saturated rings. The standard InChI is InChI=1S/C10H10F2N2O/c1-14-7-5-3-2-4-6(7)13-8(9(11)12)10(14)15/h2-5,8-9,13H,1H3/i/hD. The number of rotatable bonds is 1. The highest BCUT2D eigenvalue weighted by molar-refractivity contribution is 6.04. The van der Waals surface area contributed by atoms with E-state index in [1.807, 2.05) is 0 Å². The molecule has 0 spiro atoms. The zero-order valence-corrected chi connectivity index (χ0v) is 8.02. The third-order valence-corrected chi connectivity index (χ3v) is 2.34. The van der Waals surface area contributed by atoms with E-state index in [0.717, 1.165) is 4.90 Å². The van der Waals surface area contributed by atoms with Crippen LogP contribution in [0.25, 0.3) is 0 Å². The van der Waals surface area contributed by atoms with Crippen molar-refractivity contribution in [2.24, 2.45) is 0 Å². The van der Waals surface area contributed by atoms with Crippen LogP contribution < -0.4 is 10.2 Å². The molecule has 1 atom stereocenters. The van der Waals surface area contributed by atoms with E-state index in [9.17, 15) is 13.6 Å². The minimum absolute atomic E-state index is 0.315. The molecule has 3 nitrogen and oxygen atoms in total. The summed E-state index contributed by atoms with van der Waals surface area (Å²) in [7, 11) is 1.43. The van der Waals surface area contributed by atoms with Gasteiger partial charge in [0.1, 0.15) is 0 Å². The van der Waals surface area contributed by atoms with Crippen molar-refractivity contribution in [2.75, 3.05) is 17.3 Å². The van der Waals surface area contributed by atoms with Gasteiger partial charge in [0.2, 0.25) is 0 Å². The highest BCUT2D eigenvalue weighted by Crippen LogP contribution is 2.31. The molecule has 1 aliphatic rings. The van der Waals surface area contributed by atoms with Crippen LogP contribution >= 0.6 is 0 Å². The van der Waals surface area contributed by atoms with Gasteiger partial charge in [-0.15, -0.1) is 0 Å². The quantitative estimate of drug-likeness (QED) is 0.770. The molecule has 0 saturated heterocycles. The van der Waals surface area contributed by atoms with Crippen LogP contribution in [-0.2, 0) is 4.79 Å². The molecule has 1 aliphatic heterocycles. The number of anilines is 2. The molecule has 5 heteroatoms. The number of benzene rings is 1. The summed E-state index contributed by atoms with van der Waals surface area (Å²) in [4.78, 5) is 12.8. The van der Waals surface area contributed by atoms with Crippen LogP contribution in [0.4, 0.5) is 20.2 Å². The van der Waals surface area contributed by atoms with E-state index in [1.165, 1.54) is 7.05 Å². The number of para-hydroxylation sites is 2. The molecule has 0 aromatic heterocycles. The Balaban J connectivity index is 2.52. The summed E-state index contributed by atoms with van der Waals surface area (Å²) in [6, 6.07) is 4.78. The highest BCUT2D eigenvalue weighted by atomic mass is 19.3. The summed E-state index contributed by atoms with van der Waals surface area (Å²) in [6.45, 7) is 0. The van der Waals surface area contributed by atoms with Crippen LogP contribution in [0.2, 0.25) is 1.41 Å². The van der Waals surface area contributed by atoms with Crippen LogP contribution in [0.3, 0.4) is 0 Å². The molecule has 1 heterocycles. The fourth-order valence-corrected chi connectivity index (χ4v) is 1.54. The normalized spacial score (nSPS) is 21.7. The number of halogens is 2. The molecular weight excluding hydrogens is 202 g/mol. The van der Waals surface area contributed by atoms with Gasteiger partial charge in [-0.1, -0.05) is 12.1 Å². The molecule has 15 heavy (non-hydrogen) atoms. The second-order valence-electron chi connectivity index (χ2n) is 3.29. The van der Waals surface area contributed by atoms with Gasteiger partial charge in [-0.2, -0.15) is 0 Å². The Morgan fingerprint density at radius 3 is 2.87 bits per heavy atom. The van der Waals surface area contributed by atoms with Gasteiger partial charge in [0.15, 0.2) is 7.45 Å². The predicted molar refractivity (Wildman–Crippen MR) is 53.3 cm³/mol. The Labute approximate surface area is 87.2 Å². The van der Waals surface area contributed by atoms with Crippen molar-refractivity contribution < 1.29 is 15.0 Å². The molecule has 1 aromatic carbocycles. The molecule has 1 amide bonds. The van der Waals surface area contributed by atoms with Gasteiger partial charge >= 0.3 is 0 Å². The SMILES string of the molecule is [2H]N1c2ccccc2N(C)C(=O)C1C(F)F. The Morgan fingerprint density at radius 1 is 1.53 bits per heavy atom. The minimum Gasteiger partial charge on any atom is -0.367 e. The molecular formula is C10H10F2N2O. The molecule has 0 saturated carbocycles. The van der Waals surface area contributed by atoms with Crippen LogP contribution in [0.5, 0.6) is 0 Å². The van der Waals surface area contributed by atoms with E-state index < -0.39 is 18.4 Å². The number of nitrogens with zero attached hydrogens (tertiary/aromatic N) is 1. The first-order valence-electron chi connectivity index (χ1n) is 4.91. The van der Waals surface area contributed by atoms with Crippen LogP contribution in [-0.4, -0.2) is 25.4 Å². The topological polar surface area (TPSA) is 32.3 Å². The van der Waals surface area contributed by atoms with Crippen molar-refractivity contribution in [3.63, 3.8) is 0 Å². The highest BCUT2D eigenvalue weighted by Gasteiger charge is 2.35.